The van der Waals surface area contributed by atoms with Crippen LogP contribution in [-0.2, 0) is 6.42 Å². The molecule has 1 N–H and O–H groups in total. The zero-order valence-electron chi connectivity index (χ0n) is 19.1. The minimum Gasteiger partial charge on any atom is -0.406 e. The van der Waals surface area contributed by atoms with Crippen molar-refractivity contribution in [3.8, 4) is 5.75 Å². The number of imidazole rings is 1. The molecule has 1 saturated heterocycles. The lowest BCUT2D eigenvalue weighted by Crippen LogP contribution is -2.36. The number of carbonyl (C=O) groups excluding carboxylic acids is 1. The Morgan fingerprint density at radius 2 is 1.97 bits per heavy atom. The molecule has 1 atom stereocenters. The molecule has 1 aliphatic heterocycles. The van der Waals surface area contributed by atoms with Crippen molar-refractivity contribution in [2.24, 2.45) is 11.3 Å². The number of rotatable bonds is 6. The topological polar surface area (TPSA) is 71.8 Å². The summed E-state index contributed by atoms with van der Waals surface area (Å²) in [6.45, 7) is 4.19. The smallest absolute Gasteiger partial charge is 0.406 e. The highest BCUT2D eigenvalue weighted by Gasteiger charge is 2.54. The summed E-state index contributed by atoms with van der Waals surface area (Å²) < 4.78 is 42.8. The number of aryl methyl sites for hydroxylation is 1. The second kappa shape index (κ2) is 8.89. The van der Waals surface area contributed by atoms with E-state index in [2.05, 4.69) is 24.9 Å². The number of hydrogen-bond donors (Lipinski definition) is 1. The van der Waals surface area contributed by atoms with Gasteiger partial charge >= 0.3 is 6.36 Å². The zero-order valence-corrected chi connectivity index (χ0v) is 19.9. The van der Waals surface area contributed by atoms with Crippen molar-refractivity contribution >= 4 is 28.8 Å². The molecule has 35 heavy (non-hydrogen) atoms. The van der Waals surface area contributed by atoms with Gasteiger partial charge in [-0.15, -0.1) is 13.2 Å². The number of ether oxygens (including phenoxy) is 1. The molecule has 2 aromatic heterocycles. The number of halogens is 4. The number of amides is 1. The van der Waals surface area contributed by atoms with E-state index in [1.807, 2.05) is 6.92 Å². The average Bonchev–Trinajstić information content (AvgIpc) is 3.35. The minimum atomic E-state index is -4.69. The number of anilines is 1. The molecular weight excluding hydrogens is 483 g/mol. The number of carbonyl (C=O) groups is 1. The Hall–Kier alpha value is -3.01. The molecule has 2 fully saturated rings. The summed E-state index contributed by atoms with van der Waals surface area (Å²) in [4.78, 5) is 23.8. The second-order valence-electron chi connectivity index (χ2n) is 9.20. The van der Waals surface area contributed by atoms with Crippen molar-refractivity contribution in [3.63, 3.8) is 0 Å². The Morgan fingerprint density at radius 1 is 1.26 bits per heavy atom. The third-order valence-corrected chi connectivity index (χ3v) is 7.36. The van der Waals surface area contributed by atoms with Gasteiger partial charge in [0.25, 0.3) is 5.91 Å². The molecule has 1 aromatic carbocycles. The molecule has 1 amide bonds. The van der Waals surface area contributed by atoms with Crippen LogP contribution in [0.4, 0.5) is 18.9 Å². The van der Waals surface area contributed by atoms with Gasteiger partial charge in [0.05, 0.1) is 11.9 Å². The monoisotopic (exact) mass is 507 g/mol. The van der Waals surface area contributed by atoms with Crippen LogP contribution in [0.3, 0.4) is 0 Å². The molecule has 1 spiro atoms. The number of nitrogens with one attached hydrogen (secondary N) is 1. The number of benzene rings is 1. The van der Waals surface area contributed by atoms with Crippen LogP contribution in [-0.4, -0.2) is 46.3 Å². The number of alkyl halides is 3. The number of piperidine rings is 1. The van der Waals surface area contributed by atoms with E-state index < -0.39 is 6.36 Å². The minimum absolute atomic E-state index is 0.169. The average molecular weight is 508 g/mol. The summed E-state index contributed by atoms with van der Waals surface area (Å²) in [7, 11) is 0. The van der Waals surface area contributed by atoms with Crippen LogP contribution < -0.4 is 15.0 Å². The second-order valence-corrected chi connectivity index (χ2v) is 9.59. The van der Waals surface area contributed by atoms with Crippen molar-refractivity contribution in [1.82, 2.24) is 19.7 Å². The van der Waals surface area contributed by atoms with E-state index in [1.54, 1.807) is 28.9 Å². The Kier molecular flexibility index (Phi) is 6.03. The molecule has 5 rings (SSSR count). The van der Waals surface area contributed by atoms with Crippen molar-refractivity contribution in [1.29, 1.82) is 0 Å². The van der Waals surface area contributed by atoms with Gasteiger partial charge in [-0.05, 0) is 61.3 Å². The van der Waals surface area contributed by atoms with Gasteiger partial charge < -0.3 is 15.0 Å². The van der Waals surface area contributed by atoms with E-state index in [0.717, 1.165) is 38.0 Å². The highest BCUT2D eigenvalue weighted by molar-refractivity contribution is 6.29. The molecule has 2 aliphatic rings. The van der Waals surface area contributed by atoms with E-state index >= 15 is 0 Å². The fourth-order valence-corrected chi connectivity index (χ4v) is 5.31. The van der Waals surface area contributed by atoms with Gasteiger partial charge in [0.15, 0.2) is 5.65 Å². The van der Waals surface area contributed by atoms with E-state index in [-0.39, 0.29) is 17.1 Å². The third-order valence-electron chi connectivity index (χ3n) is 7.16. The Morgan fingerprint density at radius 3 is 2.63 bits per heavy atom. The van der Waals surface area contributed by atoms with E-state index in [9.17, 15) is 18.0 Å². The molecule has 3 aromatic rings. The van der Waals surface area contributed by atoms with Gasteiger partial charge in [-0.25, -0.2) is 9.97 Å². The number of hydrogen-bond acceptors (Lipinski definition) is 5. The number of aromatic nitrogens is 3. The lowest BCUT2D eigenvalue weighted by Gasteiger charge is -2.34. The summed E-state index contributed by atoms with van der Waals surface area (Å²) in [5.74, 6) is 0.0198. The zero-order chi connectivity index (χ0) is 24.8. The fourth-order valence-electron chi connectivity index (χ4n) is 5.17. The first-order valence-electron chi connectivity index (χ1n) is 11.6. The molecule has 186 valence electrons. The van der Waals surface area contributed by atoms with Gasteiger partial charge in [-0.2, -0.15) is 0 Å². The third kappa shape index (κ3) is 4.89. The van der Waals surface area contributed by atoms with Gasteiger partial charge in [-0.3, -0.25) is 9.20 Å². The molecule has 3 heterocycles. The Bertz CT molecular complexity index is 1240. The van der Waals surface area contributed by atoms with Crippen LogP contribution in [0, 0.1) is 11.3 Å². The lowest BCUT2D eigenvalue weighted by molar-refractivity contribution is -0.274. The molecule has 1 unspecified atom stereocenters. The molecule has 0 radical (unpaired) electrons. The van der Waals surface area contributed by atoms with Crippen LogP contribution in [0.25, 0.3) is 5.65 Å². The van der Waals surface area contributed by atoms with E-state index in [4.69, 9.17) is 11.6 Å². The molecule has 1 saturated carbocycles. The maximum absolute atomic E-state index is 13.0. The normalized spacial score (nSPS) is 19.2. The Labute approximate surface area is 205 Å². The Balaban J connectivity index is 1.16. The van der Waals surface area contributed by atoms with Gasteiger partial charge in [0.1, 0.15) is 16.6 Å². The first-order valence-corrected chi connectivity index (χ1v) is 12.0. The van der Waals surface area contributed by atoms with Gasteiger partial charge in [-0.1, -0.05) is 18.5 Å². The number of nitrogens with zero attached hydrogens (tertiary/aromatic N) is 4. The summed E-state index contributed by atoms with van der Waals surface area (Å²) >= 11 is 6.03. The fraction of sp³-hybridized carbons (Fsp3) is 0.458. The first-order chi connectivity index (χ1) is 16.7. The molecule has 7 nitrogen and oxygen atoms in total. The van der Waals surface area contributed by atoms with Crippen LogP contribution in [0.2, 0.25) is 5.15 Å². The van der Waals surface area contributed by atoms with Gasteiger partial charge in [0.2, 0.25) is 0 Å². The highest BCUT2D eigenvalue weighted by Crippen LogP contribution is 2.59. The summed E-state index contributed by atoms with van der Waals surface area (Å²) in [5, 5.41) is 3.38. The maximum Gasteiger partial charge on any atom is 0.573 e. The molecular formula is C24H25ClF3N5O2. The van der Waals surface area contributed by atoms with Crippen LogP contribution >= 0.6 is 11.6 Å². The lowest BCUT2D eigenvalue weighted by atomic mass is 9.90. The van der Waals surface area contributed by atoms with Crippen LogP contribution in [0.15, 0.2) is 36.7 Å². The molecule has 0 bridgehead atoms. The highest BCUT2D eigenvalue weighted by atomic mass is 35.5. The van der Waals surface area contributed by atoms with Crippen molar-refractivity contribution < 1.29 is 22.7 Å². The SMILES string of the molecule is CCc1nc2cnc(Cl)cn2c1C(=O)NCC1CC12CCN(c1ccc(OC(F)(F)F)cc1)CC2. The predicted molar refractivity (Wildman–Crippen MR) is 125 cm³/mol. The van der Waals surface area contributed by atoms with Gasteiger partial charge in [0, 0.05) is 31.5 Å². The van der Waals surface area contributed by atoms with Crippen molar-refractivity contribution in [3.05, 3.63) is 53.2 Å². The van der Waals surface area contributed by atoms with Crippen molar-refractivity contribution in [2.75, 3.05) is 24.5 Å². The quantitative estimate of drug-likeness (QED) is 0.515. The van der Waals surface area contributed by atoms with Crippen LogP contribution in [0.5, 0.6) is 5.75 Å². The standard InChI is InChI=1S/C24H25ClF3N5O2/c1-2-18-21(33-14-19(25)29-13-20(33)31-18)22(34)30-12-15-11-23(15)7-9-32(10-8-23)16-3-5-17(6-4-16)35-24(26,27)28/h3-6,13-15H,2,7-12H2,1H3,(H,30,34). The number of fused-ring (bicyclic) bond motifs is 1. The van der Waals surface area contributed by atoms with Crippen molar-refractivity contribution in [2.45, 2.75) is 39.0 Å². The van der Waals surface area contributed by atoms with Crippen LogP contribution in [0.1, 0.15) is 42.4 Å². The van der Waals surface area contributed by atoms with E-state index in [1.165, 1.54) is 12.1 Å². The van der Waals surface area contributed by atoms with E-state index in [0.29, 0.717) is 41.1 Å². The largest absolute Gasteiger partial charge is 0.573 e. The maximum atomic E-state index is 13.0. The molecule has 1 aliphatic carbocycles. The first kappa shape index (κ1) is 23.7. The summed E-state index contributed by atoms with van der Waals surface area (Å²) in [5.41, 5.74) is 2.88. The predicted octanol–water partition coefficient (Wildman–Crippen LogP) is 4.88. The summed E-state index contributed by atoms with van der Waals surface area (Å²) in [6, 6.07) is 6.01. The summed E-state index contributed by atoms with van der Waals surface area (Å²) in [6.07, 6.45) is 2.10. The molecule has 11 heteroatoms.